The fourth-order valence-corrected chi connectivity index (χ4v) is 2.12. The summed E-state index contributed by atoms with van der Waals surface area (Å²) in [6.07, 6.45) is 0. The standard InChI is InChI=1S/C11H13NO5S/c1-17-11(14)7-12-18(15,16)8-10(13)9-5-3-2-4-6-9/h2-6,12H,7-8H2,1H3. The summed E-state index contributed by atoms with van der Waals surface area (Å²) in [7, 11) is -2.69. The monoisotopic (exact) mass is 271 g/mol. The van der Waals surface area contributed by atoms with Gasteiger partial charge in [0.2, 0.25) is 10.0 Å². The van der Waals surface area contributed by atoms with E-state index in [1.807, 2.05) is 4.72 Å². The molecule has 0 fully saturated rings. The number of ketones is 1. The average molecular weight is 271 g/mol. The number of methoxy groups -OCH3 is 1. The molecule has 0 bridgehead atoms. The second-order valence-corrected chi connectivity index (χ2v) is 5.25. The minimum atomic E-state index is -3.83. The number of hydrogen-bond donors (Lipinski definition) is 1. The van der Waals surface area contributed by atoms with E-state index in [9.17, 15) is 18.0 Å². The molecule has 1 aromatic carbocycles. The van der Waals surface area contributed by atoms with Gasteiger partial charge in [-0.05, 0) is 0 Å². The normalized spacial score (nSPS) is 10.9. The first-order valence-electron chi connectivity index (χ1n) is 5.07. The SMILES string of the molecule is COC(=O)CNS(=O)(=O)CC(=O)c1ccccc1. The Morgan fingerprint density at radius 2 is 1.83 bits per heavy atom. The van der Waals surface area contributed by atoms with Crippen LogP contribution in [0.25, 0.3) is 0 Å². The number of nitrogens with one attached hydrogen (secondary N) is 1. The Labute approximate surface area is 105 Å². The molecule has 0 heterocycles. The predicted molar refractivity (Wildman–Crippen MR) is 64.6 cm³/mol. The third kappa shape index (κ3) is 4.64. The second kappa shape index (κ2) is 6.27. The van der Waals surface area contributed by atoms with Crippen LogP contribution in [-0.4, -0.2) is 39.6 Å². The summed E-state index contributed by atoms with van der Waals surface area (Å²) in [5, 5.41) is 0. The third-order valence-corrected chi connectivity index (χ3v) is 3.31. The van der Waals surface area contributed by atoms with Gasteiger partial charge in [0.25, 0.3) is 0 Å². The molecule has 0 aliphatic rings. The largest absolute Gasteiger partial charge is 0.468 e. The van der Waals surface area contributed by atoms with Gasteiger partial charge in [-0.15, -0.1) is 0 Å². The molecule has 98 valence electrons. The quantitative estimate of drug-likeness (QED) is 0.579. The fraction of sp³-hybridized carbons (Fsp3) is 0.273. The van der Waals surface area contributed by atoms with Gasteiger partial charge in [0.1, 0.15) is 12.3 Å². The zero-order valence-corrected chi connectivity index (χ0v) is 10.6. The van der Waals surface area contributed by atoms with Crippen molar-refractivity contribution in [3.05, 3.63) is 35.9 Å². The Bertz CT molecular complexity index is 524. The van der Waals surface area contributed by atoms with E-state index in [2.05, 4.69) is 4.74 Å². The molecule has 0 aliphatic heterocycles. The summed E-state index contributed by atoms with van der Waals surface area (Å²) >= 11 is 0. The molecular weight excluding hydrogens is 258 g/mol. The number of ether oxygens (including phenoxy) is 1. The van der Waals surface area contributed by atoms with E-state index in [1.165, 1.54) is 12.1 Å². The predicted octanol–water partition coefficient (Wildman–Crippen LogP) is -0.0383. The van der Waals surface area contributed by atoms with Crippen molar-refractivity contribution in [1.82, 2.24) is 4.72 Å². The molecular formula is C11H13NO5S. The van der Waals surface area contributed by atoms with Crippen molar-refractivity contribution in [2.75, 3.05) is 19.4 Å². The number of rotatable bonds is 6. The summed E-state index contributed by atoms with van der Waals surface area (Å²) in [6.45, 7) is -0.485. The van der Waals surface area contributed by atoms with Gasteiger partial charge < -0.3 is 4.74 Å². The number of carbonyl (C=O) groups excluding carboxylic acids is 2. The number of Topliss-reactive ketones (excluding diaryl/α,β-unsaturated/α-hetero) is 1. The molecule has 7 heteroatoms. The lowest BCUT2D eigenvalue weighted by Gasteiger charge is -2.05. The second-order valence-electron chi connectivity index (χ2n) is 3.45. The summed E-state index contributed by atoms with van der Waals surface area (Å²) in [5.41, 5.74) is 0.306. The van der Waals surface area contributed by atoms with E-state index in [0.717, 1.165) is 7.11 Å². The molecule has 0 aliphatic carbocycles. The van der Waals surface area contributed by atoms with Crippen LogP contribution >= 0.6 is 0 Å². The molecule has 1 N–H and O–H groups in total. The fourth-order valence-electron chi connectivity index (χ4n) is 1.17. The van der Waals surface area contributed by atoms with Crippen molar-refractivity contribution in [2.45, 2.75) is 0 Å². The van der Waals surface area contributed by atoms with Gasteiger partial charge in [0.15, 0.2) is 5.78 Å². The van der Waals surface area contributed by atoms with Crippen molar-refractivity contribution in [2.24, 2.45) is 0 Å². The maximum atomic E-state index is 11.6. The zero-order chi connectivity index (χ0) is 13.6. The van der Waals surface area contributed by atoms with Crippen molar-refractivity contribution in [1.29, 1.82) is 0 Å². The van der Waals surface area contributed by atoms with Crippen molar-refractivity contribution in [3.63, 3.8) is 0 Å². The van der Waals surface area contributed by atoms with Gasteiger partial charge in [0, 0.05) is 5.56 Å². The smallest absolute Gasteiger partial charge is 0.320 e. The molecule has 0 amide bonds. The highest BCUT2D eigenvalue weighted by Crippen LogP contribution is 2.01. The maximum Gasteiger partial charge on any atom is 0.320 e. The summed E-state index contributed by atoms with van der Waals surface area (Å²) in [6, 6.07) is 8.06. The highest BCUT2D eigenvalue weighted by atomic mass is 32.2. The molecule has 0 saturated heterocycles. The van der Waals surface area contributed by atoms with E-state index in [-0.39, 0.29) is 0 Å². The molecule has 6 nitrogen and oxygen atoms in total. The molecule has 1 aromatic rings. The van der Waals surface area contributed by atoms with Crippen LogP contribution in [0.5, 0.6) is 0 Å². The maximum absolute atomic E-state index is 11.6. The lowest BCUT2D eigenvalue weighted by atomic mass is 10.2. The minimum Gasteiger partial charge on any atom is -0.468 e. The van der Waals surface area contributed by atoms with Crippen molar-refractivity contribution < 1.29 is 22.7 Å². The lowest BCUT2D eigenvalue weighted by Crippen LogP contribution is -2.34. The van der Waals surface area contributed by atoms with E-state index < -0.39 is 34.1 Å². The van der Waals surface area contributed by atoms with Gasteiger partial charge in [-0.25, -0.2) is 13.1 Å². The molecule has 0 saturated carbocycles. The van der Waals surface area contributed by atoms with Crippen LogP contribution in [0.3, 0.4) is 0 Å². The molecule has 0 spiro atoms. The molecule has 18 heavy (non-hydrogen) atoms. The van der Waals surface area contributed by atoms with Crippen molar-refractivity contribution in [3.8, 4) is 0 Å². The number of esters is 1. The van der Waals surface area contributed by atoms with Crippen LogP contribution in [-0.2, 0) is 19.6 Å². The summed E-state index contributed by atoms with van der Waals surface area (Å²) < 4.78 is 29.3. The summed E-state index contributed by atoms with van der Waals surface area (Å²) in [5.74, 6) is -1.95. The summed E-state index contributed by atoms with van der Waals surface area (Å²) in [4.78, 5) is 22.4. The molecule has 0 unspecified atom stereocenters. The van der Waals surface area contributed by atoms with E-state index in [4.69, 9.17) is 0 Å². The van der Waals surface area contributed by atoms with E-state index in [0.29, 0.717) is 5.56 Å². The zero-order valence-electron chi connectivity index (χ0n) is 9.75. The molecule has 1 rings (SSSR count). The van der Waals surface area contributed by atoms with Crippen LogP contribution in [0.4, 0.5) is 0 Å². The lowest BCUT2D eigenvalue weighted by molar-refractivity contribution is -0.139. The first kappa shape index (κ1) is 14.3. The van der Waals surface area contributed by atoms with Crippen LogP contribution in [0.2, 0.25) is 0 Å². The Hall–Kier alpha value is -1.73. The van der Waals surface area contributed by atoms with Gasteiger partial charge in [-0.3, -0.25) is 9.59 Å². The van der Waals surface area contributed by atoms with Crippen LogP contribution in [0.15, 0.2) is 30.3 Å². The Morgan fingerprint density at radius 1 is 1.22 bits per heavy atom. The average Bonchev–Trinajstić information content (AvgIpc) is 2.36. The van der Waals surface area contributed by atoms with Gasteiger partial charge in [0.05, 0.1) is 7.11 Å². The molecule has 0 aromatic heterocycles. The highest BCUT2D eigenvalue weighted by Gasteiger charge is 2.18. The Morgan fingerprint density at radius 3 is 2.39 bits per heavy atom. The van der Waals surface area contributed by atoms with Gasteiger partial charge in [-0.1, -0.05) is 30.3 Å². The van der Waals surface area contributed by atoms with Gasteiger partial charge >= 0.3 is 5.97 Å². The van der Waals surface area contributed by atoms with E-state index >= 15 is 0 Å². The first-order chi connectivity index (χ1) is 8.44. The first-order valence-corrected chi connectivity index (χ1v) is 6.72. The van der Waals surface area contributed by atoms with E-state index in [1.54, 1.807) is 18.2 Å². The number of sulfonamides is 1. The third-order valence-electron chi connectivity index (χ3n) is 2.08. The van der Waals surface area contributed by atoms with Crippen LogP contribution in [0, 0.1) is 0 Å². The van der Waals surface area contributed by atoms with Gasteiger partial charge in [-0.2, -0.15) is 0 Å². The topological polar surface area (TPSA) is 89.5 Å². The number of hydrogen-bond acceptors (Lipinski definition) is 5. The van der Waals surface area contributed by atoms with Crippen molar-refractivity contribution >= 4 is 21.8 Å². The Kier molecular flexibility index (Phi) is 4.99. The number of benzene rings is 1. The minimum absolute atomic E-state index is 0.306. The highest BCUT2D eigenvalue weighted by molar-refractivity contribution is 7.90. The molecule has 0 atom stereocenters. The molecule has 0 radical (unpaired) electrons. The van der Waals surface area contributed by atoms with Crippen LogP contribution < -0.4 is 4.72 Å². The Balaban J connectivity index is 2.61. The van der Waals surface area contributed by atoms with Crippen LogP contribution in [0.1, 0.15) is 10.4 Å². The number of carbonyl (C=O) groups is 2.